The van der Waals surface area contributed by atoms with Crippen molar-refractivity contribution in [2.45, 2.75) is 33.4 Å². The first-order valence-corrected chi connectivity index (χ1v) is 8.83. The lowest BCUT2D eigenvalue weighted by atomic mass is 10.1. The van der Waals surface area contributed by atoms with Crippen LogP contribution in [-0.2, 0) is 19.5 Å². The predicted octanol–water partition coefficient (Wildman–Crippen LogP) is 3.02. The first kappa shape index (κ1) is 16.4. The average Bonchev–Trinajstić information content (AvgIpc) is 3.30. The average molecular weight is 347 g/mol. The predicted molar refractivity (Wildman–Crippen MR) is 97.7 cm³/mol. The number of carbonyl (C=O) groups is 1. The number of aromatic nitrogens is 4. The number of fused-ring (bicyclic) bond motifs is 1. The standard InChI is InChI=1S/C20H21N5O/c1-14(2)10-19-21-11-16-12-24(13-18(16)23-19)20(26)15-4-6-17(7-5-15)25-9-3-8-22-25/h3-9,11,14H,10,12-13H2,1-2H3. The van der Waals surface area contributed by atoms with E-state index in [1.807, 2.05) is 47.6 Å². The molecule has 0 atom stereocenters. The van der Waals surface area contributed by atoms with E-state index in [0.717, 1.165) is 29.2 Å². The van der Waals surface area contributed by atoms with Gasteiger partial charge in [0.2, 0.25) is 0 Å². The smallest absolute Gasteiger partial charge is 0.254 e. The fraction of sp³-hybridized carbons (Fsp3) is 0.300. The first-order valence-electron chi connectivity index (χ1n) is 8.83. The van der Waals surface area contributed by atoms with E-state index in [1.54, 1.807) is 10.9 Å². The number of carbonyl (C=O) groups excluding carboxylic acids is 1. The Labute approximate surface area is 152 Å². The largest absolute Gasteiger partial charge is 0.328 e. The number of rotatable bonds is 4. The van der Waals surface area contributed by atoms with Crippen LogP contribution >= 0.6 is 0 Å². The van der Waals surface area contributed by atoms with Gasteiger partial charge in [0, 0.05) is 42.7 Å². The number of nitrogens with zero attached hydrogens (tertiary/aromatic N) is 5. The first-order chi connectivity index (χ1) is 12.6. The minimum absolute atomic E-state index is 0.0143. The van der Waals surface area contributed by atoms with Gasteiger partial charge in [-0.15, -0.1) is 0 Å². The van der Waals surface area contributed by atoms with Crippen LogP contribution in [0.5, 0.6) is 0 Å². The summed E-state index contributed by atoms with van der Waals surface area (Å²) in [5, 5.41) is 4.20. The number of hydrogen-bond donors (Lipinski definition) is 0. The Kier molecular flexibility index (Phi) is 4.24. The van der Waals surface area contributed by atoms with Gasteiger partial charge >= 0.3 is 0 Å². The van der Waals surface area contributed by atoms with Crippen LogP contribution in [0, 0.1) is 5.92 Å². The van der Waals surface area contributed by atoms with E-state index in [0.29, 0.717) is 24.6 Å². The second kappa shape index (κ2) is 6.71. The third-order valence-corrected chi connectivity index (χ3v) is 4.47. The highest BCUT2D eigenvalue weighted by molar-refractivity contribution is 5.94. The van der Waals surface area contributed by atoms with Crippen LogP contribution in [0.2, 0.25) is 0 Å². The van der Waals surface area contributed by atoms with Gasteiger partial charge in [-0.2, -0.15) is 5.10 Å². The summed E-state index contributed by atoms with van der Waals surface area (Å²) < 4.78 is 1.77. The van der Waals surface area contributed by atoms with E-state index in [4.69, 9.17) is 0 Å². The highest BCUT2D eigenvalue weighted by atomic mass is 16.2. The summed E-state index contributed by atoms with van der Waals surface area (Å²) in [6.07, 6.45) is 6.33. The molecule has 0 saturated heterocycles. The molecule has 0 spiro atoms. The van der Waals surface area contributed by atoms with Gasteiger partial charge in [0.1, 0.15) is 5.82 Å². The lowest BCUT2D eigenvalue weighted by Gasteiger charge is -2.15. The molecule has 6 nitrogen and oxygen atoms in total. The third-order valence-electron chi connectivity index (χ3n) is 4.47. The SMILES string of the molecule is CC(C)Cc1ncc2c(n1)CN(C(=O)c1ccc(-n3cccn3)cc1)C2. The summed E-state index contributed by atoms with van der Waals surface area (Å²) in [6.45, 7) is 5.42. The van der Waals surface area contributed by atoms with Crippen molar-refractivity contribution in [3.05, 3.63) is 71.6 Å². The zero-order valence-corrected chi connectivity index (χ0v) is 15.0. The van der Waals surface area contributed by atoms with Crippen LogP contribution in [0.4, 0.5) is 0 Å². The lowest BCUT2D eigenvalue weighted by molar-refractivity contribution is 0.0750. The molecular formula is C20H21N5O. The lowest BCUT2D eigenvalue weighted by Crippen LogP contribution is -2.25. The van der Waals surface area contributed by atoms with Crippen LogP contribution in [0.25, 0.3) is 5.69 Å². The van der Waals surface area contributed by atoms with Gasteiger partial charge in [0.15, 0.2) is 0 Å². The van der Waals surface area contributed by atoms with E-state index < -0.39 is 0 Å². The molecule has 0 saturated carbocycles. The van der Waals surface area contributed by atoms with E-state index in [2.05, 4.69) is 28.9 Å². The van der Waals surface area contributed by atoms with Crippen molar-refractivity contribution in [3.63, 3.8) is 0 Å². The second-order valence-electron chi connectivity index (χ2n) is 7.01. The van der Waals surface area contributed by atoms with Gasteiger partial charge in [0.25, 0.3) is 5.91 Å². The molecule has 0 aliphatic carbocycles. The quantitative estimate of drug-likeness (QED) is 0.728. The maximum atomic E-state index is 12.8. The summed E-state index contributed by atoms with van der Waals surface area (Å²) in [5.41, 5.74) is 3.61. The Morgan fingerprint density at radius 1 is 1.19 bits per heavy atom. The molecule has 1 aliphatic rings. The molecule has 6 heteroatoms. The summed E-state index contributed by atoms with van der Waals surface area (Å²) in [5.74, 6) is 1.39. The molecule has 0 N–H and O–H groups in total. The van der Waals surface area contributed by atoms with Crippen molar-refractivity contribution in [1.82, 2.24) is 24.6 Å². The summed E-state index contributed by atoms with van der Waals surface area (Å²) in [4.78, 5) is 23.7. The molecule has 4 rings (SSSR count). The Bertz CT molecular complexity index is 916. The topological polar surface area (TPSA) is 63.9 Å². The molecule has 0 unspecified atom stereocenters. The normalized spacial score (nSPS) is 13.3. The van der Waals surface area contributed by atoms with Crippen molar-refractivity contribution in [2.24, 2.45) is 5.92 Å². The highest BCUT2D eigenvalue weighted by Crippen LogP contribution is 2.23. The zero-order chi connectivity index (χ0) is 18.1. The molecule has 26 heavy (non-hydrogen) atoms. The summed E-state index contributed by atoms with van der Waals surface area (Å²) in [6, 6.07) is 9.37. The van der Waals surface area contributed by atoms with Gasteiger partial charge in [-0.05, 0) is 36.2 Å². The number of benzene rings is 1. The molecule has 3 heterocycles. The molecule has 132 valence electrons. The number of hydrogen-bond acceptors (Lipinski definition) is 4. The van der Waals surface area contributed by atoms with Crippen LogP contribution < -0.4 is 0 Å². The maximum Gasteiger partial charge on any atom is 0.254 e. The molecule has 0 radical (unpaired) electrons. The van der Waals surface area contributed by atoms with Crippen LogP contribution in [0.3, 0.4) is 0 Å². The Morgan fingerprint density at radius 2 is 2.00 bits per heavy atom. The molecular weight excluding hydrogens is 326 g/mol. The maximum absolute atomic E-state index is 12.8. The van der Waals surface area contributed by atoms with Crippen molar-refractivity contribution in [2.75, 3.05) is 0 Å². The van der Waals surface area contributed by atoms with E-state index in [9.17, 15) is 4.79 Å². The van der Waals surface area contributed by atoms with Crippen LogP contribution in [-0.4, -0.2) is 30.6 Å². The van der Waals surface area contributed by atoms with E-state index >= 15 is 0 Å². The molecule has 0 bridgehead atoms. The fourth-order valence-corrected chi connectivity index (χ4v) is 3.16. The third kappa shape index (κ3) is 3.22. The van der Waals surface area contributed by atoms with Gasteiger partial charge < -0.3 is 4.90 Å². The van der Waals surface area contributed by atoms with Gasteiger partial charge in [-0.3, -0.25) is 4.79 Å². The Hall–Kier alpha value is -3.02. The number of amides is 1. The highest BCUT2D eigenvalue weighted by Gasteiger charge is 2.26. The molecule has 0 fully saturated rings. The Morgan fingerprint density at radius 3 is 2.69 bits per heavy atom. The van der Waals surface area contributed by atoms with E-state index in [-0.39, 0.29) is 5.91 Å². The molecule has 1 aliphatic heterocycles. The van der Waals surface area contributed by atoms with Crippen molar-refractivity contribution in [1.29, 1.82) is 0 Å². The Balaban J connectivity index is 1.49. The summed E-state index contributed by atoms with van der Waals surface area (Å²) >= 11 is 0. The monoisotopic (exact) mass is 347 g/mol. The molecule has 1 amide bonds. The van der Waals surface area contributed by atoms with Crippen molar-refractivity contribution in [3.8, 4) is 5.69 Å². The molecule has 3 aromatic rings. The zero-order valence-electron chi connectivity index (χ0n) is 15.0. The molecule has 2 aromatic heterocycles. The van der Waals surface area contributed by atoms with Crippen molar-refractivity contribution >= 4 is 5.91 Å². The van der Waals surface area contributed by atoms with Gasteiger partial charge in [-0.25, -0.2) is 14.6 Å². The van der Waals surface area contributed by atoms with Crippen LogP contribution in [0.15, 0.2) is 48.9 Å². The fourth-order valence-electron chi connectivity index (χ4n) is 3.16. The second-order valence-corrected chi connectivity index (χ2v) is 7.01. The minimum Gasteiger partial charge on any atom is -0.328 e. The van der Waals surface area contributed by atoms with Gasteiger partial charge in [-0.1, -0.05) is 13.8 Å². The minimum atomic E-state index is 0.0143. The van der Waals surface area contributed by atoms with E-state index in [1.165, 1.54) is 0 Å². The van der Waals surface area contributed by atoms with Crippen molar-refractivity contribution < 1.29 is 4.79 Å². The van der Waals surface area contributed by atoms with Crippen LogP contribution in [0.1, 0.15) is 41.3 Å². The van der Waals surface area contributed by atoms with Gasteiger partial charge in [0.05, 0.1) is 17.9 Å². The molecule has 1 aromatic carbocycles. The summed E-state index contributed by atoms with van der Waals surface area (Å²) in [7, 11) is 0.